The number of benzene rings is 4. The summed E-state index contributed by atoms with van der Waals surface area (Å²) in [6, 6.07) is 32.3. The molecule has 2 aliphatic heterocycles. The normalized spacial score (nSPS) is 18.7. The highest BCUT2D eigenvalue weighted by Crippen LogP contribution is 2.32. The number of hydrogen-bond acceptors (Lipinski definition) is 5. The van der Waals surface area contributed by atoms with Crippen LogP contribution >= 0.6 is 0 Å². The number of para-hydroxylation sites is 1. The largest absolute Gasteiger partial charge is 0.475 e. The van der Waals surface area contributed by atoms with Gasteiger partial charge in [0.05, 0.1) is 22.5 Å². The zero-order valence-corrected chi connectivity index (χ0v) is 19.5. The standard InChI is InChI=1S/C30H24FN3O2/c31-22-15-16-26(24(17-22)30-34-28(19-36-30)21-11-5-2-6-12-21)32-25-14-8-7-13-23(25)29-33-27(18-35-29)20-9-3-1-4-10-20/h1-17,27-28,32H,18-19H2/t27-,28-/m0/s1. The average molecular weight is 478 g/mol. The van der Waals surface area contributed by atoms with Crippen LogP contribution in [0.5, 0.6) is 0 Å². The van der Waals surface area contributed by atoms with E-state index in [1.165, 1.54) is 12.1 Å². The molecule has 4 aromatic carbocycles. The summed E-state index contributed by atoms with van der Waals surface area (Å²) in [5, 5.41) is 3.44. The minimum atomic E-state index is -0.354. The van der Waals surface area contributed by atoms with Crippen LogP contribution in [-0.2, 0) is 9.47 Å². The molecule has 6 heteroatoms. The molecule has 178 valence electrons. The van der Waals surface area contributed by atoms with Gasteiger partial charge in [0.15, 0.2) is 0 Å². The van der Waals surface area contributed by atoms with Gasteiger partial charge in [0.25, 0.3) is 0 Å². The summed E-state index contributed by atoms with van der Waals surface area (Å²) in [6.45, 7) is 0.901. The molecule has 2 heterocycles. The molecule has 0 saturated carbocycles. The van der Waals surface area contributed by atoms with Gasteiger partial charge in [-0.3, -0.25) is 0 Å². The number of aliphatic imine (C=N–C) groups is 2. The Morgan fingerprint density at radius 2 is 1.14 bits per heavy atom. The Labute approximate surface area is 209 Å². The molecule has 0 radical (unpaired) electrons. The van der Waals surface area contributed by atoms with Crippen molar-refractivity contribution in [2.75, 3.05) is 18.5 Å². The van der Waals surface area contributed by atoms with Crippen LogP contribution in [0.1, 0.15) is 34.3 Å². The van der Waals surface area contributed by atoms with Crippen molar-refractivity contribution in [3.63, 3.8) is 0 Å². The van der Waals surface area contributed by atoms with E-state index in [-0.39, 0.29) is 17.9 Å². The van der Waals surface area contributed by atoms with E-state index in [4.69, 9.17) is 19.5 Å². The molecule has 4 aromatic rings. The highest BCUT2D eigenvalue weighted by molar-refractivity contribution is 6.04. The zero-order chi connectivity index (χ0) is 24.3. The molecule has 2 aliphatic rings. The minimum absolute atomic E-state index is 0.0493. The van der Waals surface area contributed by atoms with Crippen LogP contribution in [0.25, 0.3) is 0 Å². The maximum Gasteiger partial charge on any atom is 0.219 e. The van der Waals surface area contributed by atoms with Crippen LogP contribution < -0.4 is 5.32 Å². The summed E-state index contributed by atoms with van der Waals surface area (Å²) in [6.07, 6.45) is 0. The molecule has 0 saturated heterocycles. The molecule has 0 unspecified atom stereocenters. The first-order valence-corrected chi connectivity index (χ1v) is 11.9. The molecule has 0 spiro atoms. The summed E-state index contributed by atoms with van der Waals surface area (Å²) < 4.78 is 26.2. The molecule has 1 N–H and O–H groups in total. The average Bonchev–Trinajstić information content (AvgIpc) is 3.62. The molecule has 36 heavy (non-hydrogen) atoms. The van der Waals surface area contributed by atoms with E-state index in [0.29, 0.717) is 36.3 Å². The fraction of sp³-hybridized carbons (Fsp3) is 0.133. The number of rotatable bonds is 6. The minimum Gasteiger partial charge on any atom is -0.475 e. The van der Waals surface area contributed by atoms with Crippen LogP contribution in [-0.4, -0.2) is 25.0 Å². The monoisotopic (exact) mass is 477 g/mol. The van der Waals surface area contributed by atoms with E-state index in [1.807, 2.05) is 72.8 Å². The van der Waals surface area contributed by atoms with Gasteiger partial charge in [0.1, 0.15) is 31.1 Å². The first-order valence-electron chi connectivity index (χ1n) is 11.9. The third kappa shape index (κ3) is 4.45. The fourth-order valence-electron chi connectivity index (χ4n) is 4.46. The van der Waals surface area contributed by atoms with Crippen molar-refractivity contribution in [1.29, 1.82) is 0 Å². The van der Waals surface area contributed by atoms with Gasteiger partial charge in [0.2, 0.25) is 11.8 Å². The van der Waals surface area contributed by atoms with Gasteiger partial charge in [-0.2, -0.15) is 0 Å². The van der Waals surface area contributed by atoms with Gasteiger partial charge in [-0.25, -0.2) is 14.4 Å². The lowest BCUT2D eigenvalue weighted by molar-refractivity contribution is 0.320. The van der Waals surface area contributed by atoms with Gasteiger partial charge >= 0.3 is 0 Å². The number of hydrogen-bond donors (Lipinski definition) is 1. The van der Waals surface area contributed by atoms with Crippen LogP contribution in [0.4, 0.5) is 15.8 Å². The quantitative estimate of drug-likeness (QED) is 0.340. The highest BCUT2D eigenvalue weighted by atomic mass is 19.1. The van der Waals surface area contributed by atoms with Crippen LogP contribution in [0.2, 0.25) is 0 Å². The van der Waals surface area contributed by atoms with Crippen LogP contribution in [0, 0.1) is 5.82 Å². The molecule has 0 bridgehead atoms. The highest BCUT2D eigenvalue weighted by Gasteiger charge is 2.26. The number of anilines is 2. The Morgan fingerprint density at radius 1 is 0.611 bits per heavy atom. The van der Waals surface area contributed by atoms with Gasteiger partial charge in [-0.05, 0) is 41.5 Å². The van der Waals surface area contributed by atoms with E-state index < -0.39 is 0 Å². The molecule has 0 aromatic heterocycles. The number of nitrogens with zero attached hydrogens (tertiary/aromatic N) is 2. The van der Waals surface area contributed by atoms with E-state index >= 15 is 0 Å². The molecular formula is C30H24FN3O2. The topological polar surface area (TPSA) is 55.2 Å². The fourth-order valence-corrected chi connectivity index (χ4v) is 4.46. The molecule has 2 atom stereocenters. The molecule has 6 rings (SSSR count). The second-order valence-corrected chi connectivity index (χ2v) is 8.70. The Kier molecular flexibility index (Phi) is 5.91. The van der Waals surface area contributed by atoms with Crippen molar-refractivity contribution in [2.45, 2.75) is 12.1 Å². The third-order valence-corrected chi connectivity index (χ3v) is 6.31. The van der Waals surface area contributed by atoms with Crippen molar-refractivity contribution in [2.24, 2.45) is 9.98 Å². The predicted molar refractivity (Wildman–Crippen MR) is 139 cm³/mol. The lowest BCUT2D eigenvalue weighted by Gasteiger charge is -2.15. The van der Waals surface area contributed by atoms with Gasteiger partial charge in [-0.1, -0.05) is 72.8 Å². The summed E-state index contributed by atoms with van der Waals surface area (Å²) in [4.78, 5) is 9.59. The maximum absolute atomic E-state index is 14.3. The zero-order valence-electron chi connectivity index (χ0n) is 19.5. The second-order valence-electron chi connectivity index (χ2n) is 8.70. The Balaban J connectivity index is 1.31. The third-order valence-electron chi connectivity index (χ3n) is 6.31. The Morgan fingerprint density at radius 3 is 1.78 bits per heavy atom. The SMILES string of the molecule is Fc1ccc(Nc2ccccc2C2=N[C@H](c3ccccc3)CO2)c(C2=N[C@H](c3ccccc3)CO2)c1. The van der Waals surface area contributed by atoms with Crippen LogP contribution in [0.15, 0.2) is 113 Å². The smallest absolute Gasteiger partial charge is 0.219 e. The first-order chi connectivity index (χ1) is 17.7. The van der Waals surface area contributed by atoms with Crippen molar-refractivity contribution in [3.8, 4) is 0 Å². The Bertz CT molecular complexity index is 1440. The maximum atomic E-state index is 14.3. The molecule has 0 amide bonds. The van der Waals surface area contributed by atoms with E-state index in [9.17, 15) is 4.39 Å². The van der Waals surface area contributed by atoms with Gasteiger partial charge in [0, 0.05) is 0 Å². The molecule has 0 aliphatic carbocycles. The predicted octanol–water partition coefficient (Wildman–Crippen LogP) is 6.61. The van der Waals surface area contributed by atoms with Crippen LogP contribution in [0.3, 0.4) is 0 Å². The molecule has 5 nitrogen and oxygen atoms in total. The summed E-state index contributed by atoms with van der Waals surface area (Å²) >= 11 is 0. The number of nitrogens with one attached hydrogen (secondary N) is 1. The van der Waals surface area contributed by atoms with Crippen molar-refractivity contribution < 1.29 is 13.9 Å². The molecule has 0 fully saturated rings. The van der Waals surface area contributed by atoms with E-state index in [2.05, 4.69) is 17.4 Å². The van der Waals surface area contributed by atoms with Crippen molar-refractivity contribution in [1.82, 2.24) is 0 Å². The molecular weight excluding hydrogens is 453 g/mol. The van der Waals surface area contributed by atoms with E-state index in [1.54, 1.807) is 6.07 Å². The first kappa shape index (κ1) is 22.0. The van der Waals surface area contributed by atoms with Crippen molar-refractivity contribution >= 4 is 23.2 Å². The summed E-state index contributed by atoms with van der Waals surface area (Å²) in [5.74, 6) is 0.642. The lowest BCUT2D eigenvalue weighted by Crippen LogP contribution is -2.09. The Hall–Kier alpha value is -4.45. The van der Waals surface area contributed by atoms with Gasteiger partial charge in [-0.15, -0.1) is 0 Å². The number of halogens is 1. The second kappa shape index (κ2) is 9.66. The summed E-state index contributed by atoms with van der Waals surface area (Å²) in [5.41, 5.74) is 5.07. The van der Waals surface area contributed by atoms with Crippen molar-refractivity contribution in [3.05, 3.63) is 131 Å². The lowest BCUT2D eigenvalue weighted by atomic mass is 10.1. The van der Waals surface area contributed by atoms with Gasteiger partial charge < -0.3 is 14.8 Å². The number of ether oxygens (including phenoxy) is 2. The van der Waals surface area contributed by atoms with E-state index in [0.717, 1.165) is 22.4 Å². The summed E-state index contributed by atoms with van der Waals surface area (Å²) in [7, 11) is 0.